The average molecular weight is 536 g/mol. The second kappa shape index (κ2) is 10.3. The van der Waals surface area contributed by atoms with E-state index in [0.717, 1.165) is 35.2 Å². The second-order valence-electron chi connectivity index (χ2n) is 11.3. The lowest BCUT2D eigenvalue weighted by Gasteiger charge is -2.37. The Labute approximate surface area is 231 Å². The number of thiocarbonyl (C=S) groups is 1. The van der Waals surface area contributed by atoms with E-state index in [-0.39, 0.29) is 12.1 Å². The van der Waals surface area contributed by atoms with Gasteiger partial charge in [0.05, 0.1) is 28.5 Å². The predicted molar refractivity (Wildman–Crippen MR) is 159 cm³/mol. The van der Waals surface area contributed by atoms with E-state index in [0.29, 0.717) is 23.0 Å². The maximum absolute atomic E-state index is 6.99. The minimum Gasteiger partial charge on any atom is -0.370 e. The molecule has 0 aliphatic carbocycles. The molecule has 4 atom stereocenters. The first-order valence-electron chi connectivity index (χ1n) is 13.4. The van der Waals surface area contributed by atoms with Gasteiger partial charge in [-0.1, -0.05) is 31.5 Å². The fourth-order valence-electron chi connectivity index (χ4n) is 6.61. The third-order valence-electron chi connectivity index (χ3n) is 7.88. The predicted octanol–water partition coefficient (Wildman–Crippen LogP) is 7.39. The normalized spacial score (nSPS) is 24.2. The molecule has 1 N–H and O–H groups in total. The second-order valence-corrected chi connectivity index (χ2v) is 12.1. The van der Waals surface area contributed by atoms with Crippen LogP contribution in [0.15, 0.2) is 48.7 Å². The number of pyridine rings is 1. The maximum atomic E-state index is 6.99. The lowest BCUT2D eigenvalue weighted by molar-refractivity contribution is 0.357. The van der Waals surface area contributed by atoms with E-state index in [2.05, 4.69) is 91.6 Å². The van der Waals surface area contributed by atoms with Gasteiger partial charge in [-0.25, -0.2) is 0 Å². The summed E-state index contributed by atoms with van der Waals surface area (Å²) in [6.07, 6.45) is 3.12. The molecule has 7 heteroatoms. The fraction of sp³-hybridized carbons (Fsp3) is 0.467. The van der Waals surface area contributed by atoms with E-state index in [1.807, 2.05) is 18.3 Å². The van der Waals surface area contributed by atoms with Crippen LogP contribution in [0.25, 0.3) is 0 Å². The van der Waals surface area contributed by atoms with Crippen molar-refractivity contribution in [3.63, 3.8) is 0 Å². The van der Waals surface area contributed by atoms with Crippen LogP contribution in [0, 0.1) is 25.7 Å². The largest absolute Gasteiger partial charge is 0.370 e. The number of hydrogen-bond acceptors (Lipinski definition) is 3. The number of nitrogens with one attached hydrogen (secondary N) is 1. The summed E-state index contributed by atoms with van der Waals surface area (Å²) in [5.41, 5.74) is 6.86. The topological polar surface area (TPSA) is 36.3 Å². The number of rotatable bonds is 5. The fourth-order valence-corrected chi connectivity index (χ4v) is 7.25. The van der Waals surface area contributed by atoms with Gasteiger partial charge >= 0.3 is 0 Å². The van der Waals surface area contributed by atoms with Crippen molar-refractivity contribution in [2.45, 2.75) is 66.1 Å². The molecule has 2 aromatic heterocycles. The Morgan fingerprint density at radius 1 is 1.05 bits per heavy atom. The van der Waals surface area contributed by atoms with Crippen molar-refractivity contribution in [1.29, 1.82) is 0 Å². The van der Waals surface area contributed by atoms with E-state index in [1.165, 1.54) is 23.4 Å². The molecule has 5 rings (SSSR count). The number of aromatic nitrogens is 2. The Bertz CT molecular complexity index is 1280. The molecule has 196 valence electrons. The monoisotopic (exact) mass is 535 g/mol. The molecule has 2 aliphatic heterocycles. The molecule has 2 saturated heterocycles. The molecule has 4 heterocycles. The van der Waals surface area contributed by atoms with Gasteiger partial charge in [0, 0.05) is 42.4 Å². The summed E-state index contributed by atoms with van der Waals surface area (Å²) in [5.74, 6) is 1.32. The quantitative estimate of drug-likeness (QED) is 0.344. The highest BCUT2D eigenvalue weighted by Crippen LogP contribution is 2.45. The molecule has 1 aromatic carbocycles. The van der Waals surface area contributed by atoms with Crippen LogP contribution >= 0.6 is 23.8 Å². The Balaban J connectivity index is 1.58. The lowest BCUT2D eigenvalue weighted by Crippen LogP contribution is -2.38. The van der Waals surface area contributed by atoms with Gasteiger partial charge in [-0.05, 0) is 100 Å². The minimum absolute atomic E-state index is 0.0435. The number of benzene rings is 1. The van der Waals surface area contributed by atoms with Gasteiger partial charge in [-0.15, -0.1) is 0 Å². The van der Waals surface area contributed by atoms with Crippen LogP contribution in [0.2, 0.25) is 5.02 Å². The van der Waals surface area contributed by atoms with Crippen molar-refractivity contribution in [2.24, 2.45) is 11.8 Å². The molecule has 5 nitrogen and oxygen atoms in total. The summed E-state index contributed by atoms with van der Waals surface area (Å²) in [7, 11) is 0. The molecule has 2 fully saturated rings. The molecule has 2 aliphatic rings. The zero-order valence-electron chi connectivity index (χ0n) is 22.7. The third-order valence-corrected chi connectivity index (χ3v) is 8.49. The maximum Gasteiger partial charge on any atom is 0.174 e. The minimum atomic E-state index is -0.0722. The van der Waals surface area contributed by atoms with Crippen LogP contribution in [0.1, 0.15) is 74.9 Å². The summed E-state index contributed by atoms with van der Waals surface area (Å²) in [6.45, 7) is 15.6. The number of hydrogen-bond donors (Lipinski definition) is 1. The SMILES string of the molecule is Cc1cc([C@@H]2[C@@H](c3ccccn3)NC(=S)N2c2ccc(N3C[C@H](C)C[C@H](C)C3)c(Cl)c2)c(C)n1C(C)C. The summed E-state index contributed by atoms with van der Waals surface area (Å²) < 4.78 is 2.40. The van der Waals surface area contributed by atoms with E-state index in [1.54, 1.807) is 0 Å². The van der Waals surface area contributed by atoms with E-state index in [4.69, 9.17) is 28.8 Å². The number of piperidine rings is 1. The smallest absolute Gasteiger partial charge is 0.174 e. The highest BCUT2D eigenvalue weighted by molar-refractivity contribution is 7.80. The number of anilines is 2. The van der Waals surface area contributed by atoms with Gasteiger partial charge in [0.15, 0.2) is 5.11 Å². The van der Waals surface area contributed by atoms with Gasteiger partial charge < -0.3 is 19.7 Å². The highest BCUT2D eigenvalue weighted by atomic mass is 35.5. The van der Waals surface area contributed by atoms with E-state index in [9.17, 15) is 0 Å². The van der Waals surface area contributed by atoms with Crippen LogP contribution in [0.4, 0.5) is 11.4 Å². The van der Waals surface area contributed by atoms with Crippen LogP contribution < -0.4 is 15.1 Å². The third kappa shape index (κ3) is 4.86. The van der Waals surface area contributed by atoms with Crippen molar-refractivity contribution in [2.75, 3.05) is 22.9 Å². The van der Waals surface area contributed by atoms with Crippen LogP contribution in [-0.4, -0.2) is 27.8 Å². The standard InChI is InChI=1S/C30H38ClN5S/c1-18(2)35-21(5)14-24(22(35)6)29-28(26-9-7-8-12-32-26)33-30(37)36(29)23-10-11-27(25(31)15-23)34-16-19(3)13-20(4)17-34/h7-12,14-15,18-20,28-29H,13,16-17H2,1-6H3,(H,33,37)/t19-,20+,28-,29-/m1/s1. The Morgan fingerprint density at radius 2 is 1.78 bits per heavy atom. The molecule has 0 unspecified atom stereocenters. The highest BCUT2D eigenvalue weighted by Gasteiger charge is 2.42. The molecule has 3 aromatic rings. The van der Waals surface area contributed by atoms with Crippen LogP contribution in [0.3, 0.4) is 0 Å². The summed E-state index contributed by atoms with van der Waals surface area (Å²) in [5, 5.41) is 5.06. The van der Waals surface area contributed by atoms with Gasteiger partial charge in [-0.2, -0.15) is 0 Å². The molecule has 0 spiro atoms. The Morgan fingerprint density at radius 3 is 2.38 bits per heavy atom. The summed E-state index contributed by atoms with van der Waals surface area (Å²) >= 11 is 13.0. The first-order valence-corrected chi connectivity index (χ1v) is 14.2. The average Bonchev–Trinajstić information content (AvgIpc) is 3.33. The molecule has 0 radical (unpaired) electrons. The molecular formula is C30H38ClN5S. The van der Waals surface area contributed by atoms with E-state index >= 15 is 0 Å². The Kier molecular flexibility index (Phi) is 7.25. The van der Waals surface area contributed by atoms with Gasteiger partial charge in [0.1, 0.15) is 0 Å². The number of halogens is 1. The van der Waals surface area contributed by atoms with Crippen LogP contribution in [-0.2, 0) is 0 Å². The first-order chi connectivity index (χ1) is 17.7. The van der Waals surface area contributed by atoms with Crippen molar-refractivity contribution in [3.8, 4) is 0 Å². The van der Waals surface area contributed by atoms with Crippen molar-refractivity contribution in [1.82, 2.24) is 14.9 Å². The van der Waals surface area contributed by atoms with Crippen molar-refractivity contribution >= 4 is 40.3 Å². The van der Waals surface area contributed by atoms with Crippen molar-refractivity contribution in [3.05, 3.63) is 76.3 Å². The molecular weight excluding hydrogens is 498 g/mol. The zero-order chi connectivity index (χ0) is 26.4. The van der Waals surface area contributed by atoms with Gasteiger partial charge in [0.25, 0.3) is 0 Å². The lowest BCUT2D eigenvalue weighted by atomic mass is 9.91. The van der Waals surface area contributed by atoms with Crippen LogP contribution in [0.5, 0.6) is 0 Å². The van der Waals surface area contributed by atoms with E-state index < -0.39 is 0 Å². The summed E-state index contributed by atoms with van der Waals surface area (Å²) in [6, 6.07) is 15.1. The number of aryl methyl sites for hydroxylation is 1. The number of nitrogens with zero attached hydrogens (tertiary/aromatic N) is 4. The zero-order valence-corrected chi connectivity index (χ0v) is 24.3. The van der Waals surface area contributed by atoms with Crippen molar-refractivity contribution < 1.29 is 0 Å². The molecule has 0 bridgehead atoms. The van der Waals surface area contributed by atoms with Gasteiger partial charge in [-0.3, -0.25) is 4.98 Å². The molecule has 0 amide bonds. The summed E-state index contributed by atoms with van der Waals surface area (Å²) in [4.78, 5) is 9.39. The molecule has 37 heavy (non-hydrogen) atoms. The van der Waals surface area contributed by atoms with Gasteiger partial charge in [0.2, 0.25) is 0 Å². The first kappa shape index (κ1) is 26.1. The Hall–Kier alpha value is -2.57. The molecule has 0 saturated carbocycles.